The van der Waals surface area contributed by atoms with E-state index in [1.807, 2.05) is 20.8 Å². The highest BCUT2D eigenvalue weighted by Gasteiger charge is 2.22. The van der Waals surface area contributed by atoms with Crippen molar-refractivity contribution in [2.24, 2.45) is 5.14 Å². The smallest absolute Gasteiger partial charge is 0.262 e. The topological polar surface area (TPSA) is 89.3 Å². The SMILES string of the molecule is Cc1cc(S(N)(=O)=O)sc1C(=O)NC(C)(C)C. The van der Waals surface area contributed by atoms with Gasteiger partial charge in [-0.2, -0.15) is 0 Å². The van der Waals surface area contributed by atoms with Crippen LogP contribution < -0.4 is 10.5 Å². The van der Waals surface area contributed by atoms with Crippen molar-refractivity contribution in [3.8, 4) is 0 Å². The number of thiophene rings is 1. The number of aryl methyl sites for hydroxylation is 1. The van der Waals surface area contributed by atoms with Crippen molar-refractivity contribution in [2.45, 2.75) is 37.4 Å². The summed E-state index contributed by atoms with van der Waals surface area (Å²) in [5.41, 5.74) is 0.246. The molecular weight excluding hydrogens is 260 g/mol. The van der Waals surface area contributed by atoms with Gasteiger partial charge in [-0.05, 0) is 39.3 Å². The molecule has 0 saturated heterocycles. The summed E-state index contributed by atoms with van der Waals surface area (Å²) in [5, 5.41) is 7.79. The lowest BCUT2D eigenvalue weighted by molar-refractivity contribution is 0.0923. The van der Waals surface area contributed by atoms with Gasteiger partial charge in [0.25, 0.3) is 5.91 Å². The van der Waals surface area contributed by atoms with E-state index in [0.717, 1.165) is 11.3 Å². The highest BCUT2D eigenvalue weighted by molar-refractivity contribution is 7.91. The number of rotatable bonds is 2. The summed E-state index contributed by atoms with van der Waals surface area (Å²) in [6, 6.07) is 1.41. The van der Waals surface area contributed by atoms with Gasteiger partial charge in [0.15, 0.2) is 0 Å². The van der Waals surface area contributed by atoms with Crippen molar-refractivity contribution in [1.29, 1.82) is 0 Å². The van der Waals surface area contributed by atoms with E-state index in [4.69, 9.17) is 5.14 Å². The lowest BCUT2D eigenvalue weighted by Crippen LogP contribution is -2.40. The minimum Gasteiger partial charge on any atom is -0.347 e. The molecule has 1 heterocycles. The molecule has 1 aromatic rings. The van der Waals surface area contributed by atoms with Crippen LogP contribution in [0.3, 0.4) is 0 Å². The molecule has 3 N–H and O–H groups in total. The maximum Gasteiger partial charge on any atom is 0.262 e. The minimum absolute atomic E-state index is 0.00839. The van der Waals surface area contributed by atoms with Gasteiger partial charge in [0.05, 0.1) is 4.88 Å². The fourth-order valence-electron chi connectivity index (χ4n) is 1.22. The van der Waals surface area contributed by atoms with Crippen LogP contribution in [0.25, 0.3) is 0 Å². The van der Waals surface area contributed by atoms with Crippen LogP contribution >= 0.6 is 11.3 Å². The van der Waals surface area contributed by atoms with Gasteiger partial charge < -0.3 is 5.32 Å². The van der Waals surface area contributed by atoms with Crippen LogP contribution in [0, 0.1) is 6.92 Å². The number of hydrogen-bond donors (Lipinski definition) is 2. The quantitative estimate of drug-likeness (QED) is 0.851. The molecule has 1 aromatic heterocycles. The zero-order chi connectivity index (χ0) is 13.4. The Bertz CT molecular complexity index is 538. The number of primary sulfonamides is 1. The van der Waals surface area contributed by atoms with Crippen LogP contribution in [0.4, 0.5) is 0 Å². The molecule has 0 radical (unpaired) electrons. The fraction of sp³-hybridized carbons (Fsp3) is 0.500. The number of carbonyl (C=O) groups is 1. The van der Waals surface area contributed by atoms with Gasteiger partial charge in [0.2, 0.25) is 10.0 Å². The summed E-state index contributed by atoms with van der Waals surface area (Å²) in [4.78, 5) is 12.3. The average molecular weight is 276 g/mol. The van der Waals surface area contributed by atoms with E-state index in [1.165, 1.54) is 6.07 Å². The van der Waals surface area contributed by atoms with E-state index in [1.54, 1.807) is 6.92 Å². The van der Waals surface area contributed by atoms with E-state index >= 15 is 0 Å². The first kappa shape index (κ1) is 14.1. The van der Waals surface area contributed by atoms with Gasteiger partial charge in [0, 0.05) is 5.54 Å². The van der Waals surface area contributed by atoms with Gasteiger partial charge in [-0.3, -0.25) is 4.79 Å². The highest BCUT2D eigenvalue weighted by atomic mass is 32.2. The normalized spacial score (nSPS) is 12.5. The van der Waals surface area contributed by atoms with E-state index < -0.39 is 10.0 Å². The zero-order valence-electron chi connectivity index (χ0n) is 10.2. The molecule has 17 heavy (non-hydrogen) atoms. The van der Waals surface area contributed by atoms with Crippen molar-refractivity contribution in [3.63, 3.8) is 0 Å². The Labute approximate surface area is 105 Å². The predicted molar refractivity (Wildman–Crippen MR) is 67.6 cm³/mol. The second-order valence-electron chi connectivity index (χ2n) is 4.83. The molecule has 0 bridgehead atoms. The molecule has 0 aliphatic carbocycles. The van der Waals surface area contributed by atoms with Gasteiger partial charge in [-0.1, -0.05) is 0 Å². The van der Waals surface area contributed by atoms with Gasteiger partial charge >= 0.3 is 0 Å². The molecule has 0 saturated carbocycles. The van der Waals surface area contributed by atoms with Crippen molar-refractivity contribution in [1.82, 2.24) is 5.32 Å². The largest absolute Gasteiger partial charge is 0.347 e. The molecule has 0 aliphatic rings. The van der Waals surface area contributed by atoms with Crippen LogP contribution in [-0.4, -0.2) is 19.9 Å². The third-order valence-corrected chi connectivity index (χ3v) is 4.53. The first-order chi connectivity index (χ1) is 7.50. The average Bonchev–Trinajstić information content (AvgIpc) is 2.42. The monoisotopic (exact) mass is 276 g/mol. The number of sulfonamides is 1. The molecule has 7 heteroatoms. The van der Waals surface area contributed by atoms with Crippen molar-refractivity contribution < 1.29 is 13.2 Å². The van der Waals surface area contributed by atoms with Crippen LogP contribution in [0.1, 0.15) is 36.0 Å². The Morgan fingerprint density at radius 2 is 1.94 bits per heavy atom. The van der Waals surface area contributed by atoms with Gasteiger partial charge in [-0.15, -0.1) is 11.3 Å². The number of hydrogen-bond acceptors (Lipinski definition) is 4. The Hall–Kier alpha value is -0.920. The summed E-state index contributed by atoms with van der Waals surface area (Å²) in [7, 11) is -3.74. The Kier molecular flexibility index (Phi) is 3.66. The number of nitrogens with two attached hydrogens (primary N) is 1. The fourth-order valence-corrected chi connectivity index (χ4v) is 3.07. The molecule has 5 nitrogen and oxygen atoms in total. The van der Waals surface area contributed by atoms with Crippen molar-refractivity contribution >= 4 is 27.3 Å². The van der Waals surface area contributed by atoms with E-state index in [0.29, 0.717) is 10.4 Å². The van der Waals surface area contributed by atoms with Gasteiger partial charge in [0.1, 0.15) is 4.21 Å². The summed E-state index contributed by atoms with van der Waals surface area (Å²) in [6.45, 7) is 7.25. The predicted octanol–water partition coefficient (Wildman–Crippen LogP) is 1.23. The van der Waals surface area contributed by atoms with Crippen LogP contribution in [-0.2, 0) is 10.0 Å². The summed E-state index contributed by atoms with van der Waals surface area (Å²) in [5.74, 6) is -0.282. The second-order valence-corrected chi connectivity index (χ2v) is 7.67. The third kappa shape index (κ3) is 3.79. The third-order valence-electron chi connectivity index (χ3n) is 1.87. The van der Waals surface area contributed by atoms with Gasteiger partial charge in [-0.25, -0.2) is 13.6 Å². The molecule has 1 amide bonds. The lowest BCUT2D eigenvalue weighted by Gasteiger charge is -2.20. The van der Waals surface area contributed by atoms with Crippen LogP contribution in [0.2, 0.25) is 0 Å². The molecule has 0 aliphatic heterocycles. The minimum atomic E-state index is -3.74. The maximum absolute atomic E-state index is 11.9. The molecule has 1 rings (SSSR count). The summed E-state index contributed by atoms with van der Waals surface area (Å²) >= 11 is 0.890. The zero-order valence-corrected chi connectivity index (χ0v) is 11.8. The molecular formula is C10H16N2O3S2. The lowest BCUT2D eigenvalue weighted by atomic mass is 10.1. The molecule has 0 unspecified atom stereocenters. The summed E-state index contributed by atoms with van der Waals surface area (Å²) < 4.78 is 22.3. The molecule has 96 valence electrons. The second kappa shape index (κ2) is 4.40. The Morgan fingerprint density at radius 3 is 2.29 bits per heavy atom. The standard InChI is InChI=1S/C10H16N2O3S2/c1-6-5-7(17(11,14)15)16-8(6)9(13)12-10(2,3)4/h5H,1-4H3,(H,12,13)(H2,11,14,15). The molecule has 0 atom stereocenters. The van der Waals surface area contributed by atoms with Crippen LogP contribution in [0.5, 0.6) is 0 Å². The Balaban J connectivity index is 3.09. The Morgan fingerprint density at radius 1 is 1.41 bits per heavy atom. The maximum atomic E-state index is 11.9. The first-order valence-corrected chi connectivity index (χ1v) is 7.33. The number of amides is 1. The molecule has 0 aromatic carbocycles. The van der Waals surface area contributed by atoms with E-state index in [-0.39, 0.29) is 15.7 Å². The van der Waals surface area contributed by atoms with Crippen molar-refractivity contribution in [2.75, 3.05) is 0 Å². The first-order valence-electron chi connectivity index (χ1n) is 4.96. The molecule has 0 spiro atoms. The van der Waals surface area contributed by atoms with E-state index in [2.05, 4.69) is 5.32 Å². The molecule has 0 fully saturated rings. The summed E-state index contributed by atoms with van der Waals surface area (Å²) in [6.07, 6.45) is 0. The number of nitrogens with one attached hydrogen (secondary N) is 1. The highest BCUT2D eigenvalue weighted by Crippen LogP contribution is 2.25. The van der Waals surface area contributed by atoms with Crippen molar-refractivity contribution in [3.05, 3.63) is 16.5 Å². The van der Waals surface area contributed by atoms with Crippen LogP contribution in [0.15, 0.2) is 10.3 Å². The van der Waals surface area contributed by atoms with E-state index in [9.17, 15) is 13.2 Å². The number of carbonyl (C=O) groups excluding carboxylic acids is 1.